The largest absolute Gasteiger partial charge is 0.447 e. The van der Waals surface area contributed by atoms with Crippen LogP contribution in [0.1, 0.15) is 24.0 Å². The molecule has 1 aromatic carbocycles. The second-order valence-electron chi connectivity index (χ2n) is 9.26. The quantitative estimate of drug-likeness (QED) is 0.739. The monoisotopic (exact) mass is 427 g/mol. The average Bonchev–Trinajstić information content (AvgIpc) is 2.96. The van der Waals surface area contributed by atoms with Crippen LogP contribution < -0.4 is 5.32 Å². The zero-order chi connectivity index (χ0) is 21.3. The number of carbonyl (C=O) groups excluding carboxylic acids is 2. The Hall–Kier alpha value is -2.52. The molecule has 6 nitrogen and oxygen atoms in total. The molecule has 30 heavy (non-hydrogen) atoms. The number of nitrogens with one attached hydrogen (secondary N) is 1. The normalized spacial score (nSPS) is 24.2. The van der Waals surface area contributed by atoms with Crippen LogP contribution in [0.2, 0.25) is 0 Å². The van der Waals surface area contributed by atoms with Gasteiger partial charge in [-0.1, -0.05) is 6.07 Å². The number of alkyl carbamates (subject to hydrolysis) is 1. The summed E-state index contributed by atoms with van der Waals surface area (Å²) in [6.45, 7) is 2.45. The highest BCUT2D eigenvalue weighted by molar-refractivity contribution is 5.78. The number of cyclic esters (lactones) is 1. The number of amides is 3. The minimum Gasteiger partial charge on any atom is -0.447 e. The van der Waals surface area contributed by atoms with E-state index < -0.39 is 29.2 Å². The number of urea groups is 1. The van der Waals surface area contributed by atoms with E-state index in [-0.39, 0.29) is 24.0 Å². The summed E-state index contributed by atoms with van der Waals surface area (Å²) in [4.78, 5) is 27.2. The van der Waals surface area contributed by atoms with Gasteiger partial charge in [-0.15, -0.1) is 0 Å². The molecule has 3 saturated heterocycles. The average molecular weight is 427 g/mol. The van der Waals surface area contributed by atoms with Crippen molar-refractivity contribution in [1.82, 2.24) is 15.1 Å². The smallest absolute Gasteiger partial charge is 0.416 e. The molecule has 0 bridgehead atoms. The van der Waals surface area contributed by atoms with Gasteiger partial charge >= 0.3 is 18.3 Å². The Balaban J connectivity index is 1.09. The molecule has 3 aliphatic heterocycles. The molecule has 1 N–H and O–H groups in total. The van der Waals surface area contributed by atoms with Crippen LogP contribution in [0.25, 0.3) is 0 Å². The lowest BCUT2D eigenvalue weighted by Gasteiger charge is -2.61. The van der Waals surface area contributed by atoms with Crippen LogP contribution in [-0.2, 0) is 17.3 Å². The van der Waals surface area contributed by atoms with Gasteiger partial charge in [-0.2, -0.15) is 13.2 Å². The predicted molar refractivity (Wildman–Crippen MR) is 96.0 cm³/mol. The van der Waals surface area contributed by atoms with E-state index in [1.54, 1.807) is 9.80 Å². The maximum absolute atomic E-state index is 14.0. The molecule has 4 fully saturated rings. The summed E-state index contributed by atoms with van der Waals surface area (Å²) in [6, 6.07) is 2.66. The van der Waals surface area contributed by atoms with Crippen LogP contribution >= 0.6 is 0 Å². The van der Waals surface area contributed by atoms with E-state index >= 15 is 0 Å². The molecule has 0 radical (unpaired) electrons. The number of benzene rings is 1. The first kappa shape index (κ1) is 19.4. The Morgan fingerprint density at radius 1 is 1.17 bits per heavy atom. The molecule has 0 atom stereocenters. The Labute approximate surface area is 170 Å². The molecule has 3 heterocycles. The SMILES string of the molecule is O=C1NC2(CO1)CN(C(=O)N1CC3(CC(Cc4ccc(C(F)(F)F)cc4F)C3)C1)C2. The number of hydrogen-bond donors (Lipinski definition) is 1. The third kappa shape index (κ3) is 3.16. The van der Waals surface area contributed by atoms with Crippen molar-refractivity contribution in [3.63, 3.8) is 0 Å². The van der Waals surface area contributed by atoms with Gasteiger partial charge in [-0.25, -0.2) is 14.0 Å². The standard InChI is InChI=1S/C20H21F4N3O3/c21-15-4-14(20(22,23)24)2-1-13(15)3-12-5-18(6-12)7-26(8-18)17(29)27-9-19(10-27)11-30-16(28)25-19/h1-2,4,12H,3,5-11H2,(H,25,28). The molecule has 1 aromatic rings. The molecule has 1 saturated carbocycles. The molecule has 162 valence electrons. The summed E-state index contributed by atoms with van der Waals surface area (Å²) >= 11 is 0. The van der Waals surface area contributed by atoms with E-state index in [0.717, 1.165) is 18.9 Å². The molecule has 4 aliphatic rings. The van der Waals surface area contributed by atoms with Gasteiger partial charge in [0.2, 0.25) is 0 Å². The summed E-state index contributed by atoms with van der Waals surface area (Å²) in [5, 5.41) is 2.74. The number of alkyl halides is 3. The molecule has 3 amide bonds. The second-order valence-corrected chi connectivity index (χ2v) is 9.26. The highest BCUT2D eigenvalue weighted by atomic mass is 19.4. The summed E-state index contributed by atoms with van der Waals surface area (Å²) in [7, 11) is 0. The zero-order valence-electron chi connectivity index (χ0n) is 16.1. The lowest BCUT2D eigenvalue weighted by molar-refractivity contribution is -0.137. The highest BCUT2D eigenvalue weighted by Gasteiger charge is 2.57. The van der Waals surface area contributed by atoms with Crippen LogP contribution in [-0.4, -0.2) is 60.2 Å². The van der Waals surface area contributed by atoms with E-state index in [2.05, 4.69) is 5.32 Å². The van der Waals surface area contributed by atoms with Crippen molar-refractivity contribution in [1.29, 1.82) is 0 Å². The lowest BCUT2D eigenvalue weighted by Crippen LogP contribution is -2.74. The molecule has 10 heteroatoms. The Kier molecular flexibility index (Phi) is 4.05. The predicted octanol–water partition coefficient (Wildman–Crippen LogP) is 3.01. The maximum Gasteiger partial charge on any atom is 0.416 e. The van der Waals surface area contributed by atoms with Crippen LogP contribution in [0.3, 0.4) is 0 Å². The maximum atomic E-state index is 14.0. The van der Waals surface area contributed by atoms with Gasteiger partial charge in [0.1, 0.15) is 18.0 Å². The fourth-order valence-corrected chi connectivity index (χ4v) is 5.35. The van der Waals surface area contributed by atoms with Crippen LogP contribution in [0.4, 0.5) is 27.2 Å². The first-order valence-electron chi connectivity index (χ1n) is 9.91. The third-order valence-electron chi connectivity index (χ3n) is 6.76. The fraction of sp³-hybridized carbons (Fsp3) is 0.600. The van der Waals surface area contributed by atoms with E-state index in [9.17, 15) is 27.2 Å². The van der Waals surface area contributed by atoms with Gasteiger partial charge in [-0.05, 0) is 42.9 Å². The van der Waals surface area contributed by atoms with Crippen molar-refractivity contribution in [2.24, 2.45) is 11.3 Å². The summed E-state index contributed by atoms with van der Waals surface area (Å²) < 4.78 is 56.9. The molecular formula is C20H21F4N3O3. The summed E-state index contributed by atoms with van der Waals surface area (Å²) in [5.41, 5.74) is -1.06. The van der Waals surface area contributed by atoms with Crippen molar-refractivity contribution in [2.45, 2.75) is 31.0 Å². The van der Waals surface area contributed by atoms with Gasteiger partial charge in [0.25, 0.3) is 0 Å². The molecule has 5 rings (SSSR count). The van der Waals surface area contributed by atoms with E-state index in [4.69, 9.17) is 4.74 Å². The number of nitrogens with zero attached hydrogens (tertiary/aromatic N) is 2. The number of hydrogen-bond acceptors (Lipinski definition) is 3. The van der Waals surface area contributed by atoms with Crippen LogP contribution in [0, 0.1) is 17.2 Å². The van der Waals surface area contributed by atoms with Crippen molar-refractivity contribution in [3.8, 4) is 0 Å². The van der Waals surface area contributed by atoms with E-state index in [0.29, 0.717) is 44.2 Å². The number of likely N-dealkylation sites (tertiary alicyclic amines) is 2. The fourth-order valence-electron chi connectivity index (χ4n) is 5.35. The molecular weight excluding hydrogens is 406 g/mol. The number of ether oxygens (including phenoxy) is 1. The summed E-state index contributed by atoms with van der Waals surface area (Å²) in [5.74, 6) is -0.600. The third-order valence-corrected chi connectivity index (χ3v) is 6.76. The minimum absolute atomic E-state index is 0.0513. The number of rotatable bonds is 2. The number of halogens is 4. The Bertz CT molecular complexity index is 899. The number of carbonyl (C=O) groups is 2. The molecule has 2 spiro atoms. The van der Waals surface area contributed by atoms with Gasteiger partial charge < -0.3 is 19.9 Å². The van der Waals surface area contributed by atoms with Crippen LogP contribution in [0.5, 0.6) is 0 Å². The Morgan fingerprint density at radius 3 is 2.40 bits per heavy atom. The van der Waals surface area contributed by atoms with Gasteiger partial charge in [0.15, 0.2) is 0 Å². The van der Waals surface area contributed by atoms with Gasteiger partial charge in [-0.3, -0.25) is 0 Å². The van der Waals surface area contributed by atoms with Crippen LogP contribution in [0.15, 0.2) is 18.2 Å². The highest BCUT2D eigenvalue weighted by Crippen LogP contribution is 2.53. The van der Waals surface area contributed by atoms with Gasteiger partial charge in [0, 0.05) is 18.5 Å². The van der Waals surface area contributed by atoms with Crippen molar-refractivity contribution in [3.05, 3.63) is 35.1 Å². The van der Waals surface area contributed by atoms with E-state index in [1.807, 2.05) is 0 Å². The minimum atomic E-state index is -4.55. The topological polar surface area (TPSA) is 61.9 Å². The second kappa shape index (κ2) is 6.24. The van der Waals surface area contributed by atoms with Crippen molar-refractivity contribution in [2.75, 3.05) is 32.8 Å². The Morgan fingerprint density at radius 2 is 1.83 bits per heavy atom. The molecule has 0 aromatic heterocycles. The van der Waals surface area contributed by atoms with Gasteiger partial charge in [0.05, 0.1) is 18.7 Å². The van der Waals surface area contributed by atoms with Crippen molar-refractivity contribution < 1.29 is 31.9 Å². The first-order valence-corrected chi connectivity index (χ1v) is 9.91. The van der Waals surface area contributed by atoms with E-state index in [1.165, 1.54) is 6.07 Å². The first-order chi connectivity index (χ1) is 14.1. The molecule has 0 unspecified atom stereocenters. The molecule has 1 aliphatic carbocycles. The zero-order valence-corrected chi connectivity index (χ0v) is 16.1. The lowest BCUT2D eigenvalue weighted by atomic mass is 9.56. The van der Waals surface area contributed by atoms with Crippen molar-refractivity contribution >= 4 is 12.1 Å². The summed E-state index contributed by atoms with van der Waals surface area (Å²) in [6.07, 6.45) is -2.91.